The third kappa shape index (κ3) is 5.27. The summed E-state index contributed by atoms with van der Waals surface area (Å²) in [6.07, 6.45) is 2.85. The topological polar surface area (TPSA) is 65.0 Å². The maximum atomic E-state index is 14.1. The fraction of sp³-hybridized carbons (Fsp3) is 0.478. The molecule has 32 heavy (non-hydrogen) atoms. The quantitative estimate of drug-likeness (QED) is 0.546. The van der Waals surface area contributed by atoms with Crippen LogP contribution in [0, 0.1) is 11.6 Å². The van der Waals surface area contributed by atoms with Crippen molar-refractivity contribution in [3.05, 3.63) is 53.7 Å². The van der Waals surface area contributed by atoms with Gasteiger partial charge in [0.15, 0.2) is 5.96 Å². The molecule has 1 aromatic heterocycles. The number of hydrogen-bond acceptors (Lipinski definition) is 5. The summed E-state index contributed by atoms with van der Waals surface area (Å²) >= 11 is 0. The molecule has 2 aromatic rings. The summed E-state index contributed by atoms with van der Waals surface area (Å²) in [4.78, 5) is 12.9. The van der Waals surface area contributed by atoms with Gasteiger partial charge < -0.3 is 25.2 Å². The highest BCUT2D eigenvalue weighted by Crippen LogP contribution is 2.26. The molecule has 7 nitrogen and oxygen atoms in total. The van der Waals surface area contributed by atoms with Crippen molar-refractivity contribution in [3.8, 4) is 0 Å². The van der Waals surface area contributed by atoms with E-state index in [1.54, 1.807) is 11.9 Å². The van der Waals surface area contributed by atoms with E-state index < -0.39 is 11.6 Å². The van der Waals surface area contributed by atoms with Crippen molar-refractivity contribution in [2.45, 2.75) is 32.0 Å². The van der Waals surface area contributed by atoms with Crippen molar-refractivity contribution in [2.24, 2.45) is 4.99 Å². The third-order valence-corrected chi connectivity index (χ3v) is 5.84. The Morgan fingerprint density at radius 2 is 1.97 bits per heavy atom. The fourth-order valence-corrected chi connectivity index (χ4v) is 4.18. The van der Waals surface area contributed by atoms with Crippen LogP contribution in [0.25, 0.3) is 0 Å². The Labute approximate surface area is 187 Å². The number of guanidine groups is 1. The van der Waals surface area contributed by atoms with Gasteiger partial charge >= 0.3 is 0 Å². The van der Waals surface area contributed by atoms with Crippen molar-refractivity contribution in [2.75, 3.05) is 49.6 Å². The number of rotatable bonds is 5. The van der Waals surface area contributed by atoms with E-state index in [2.05, 4.69) is 38.5 Å². The summed E-state index contributed by atoms with van der Waals surface area (Å²) in [5, 5.41) is 6.65. The van der Waals surface area contributed by atoms with Crippen molar-refractivity contribution in [1.82, 2.24) is 15.6 Å². The molecule has 2 fully saturated rings. The van der Waals surface area contributed by atoms with Crippen LogP contribution in [0.1, 0.15) is 18.9 Å². The normalized spacial score (nSPS) is 21.7. The molecule has 0 radical (unpaired) electrons. The van der Waals surface area contributed by atoms with Gasteiger partial charge in [-0.1, -0.05) is 12.1 Å². The summed E-state index contributed by atoms with van der Waals surface area (Å²) in [5.41, 5.74) is 1.08. The Bertz CT molecular complexity index is 918. The van der Waals surface area contributed by atoms with Crippen LogP contribution in [0.4, 0.5) is 20.3 Å². The summed E-state index contributed by atoms with van der Waals surface area (Å²) < 4.78 is 33.7. The number of aromatic nitrogens is 1. The van der Waals surface area contributed by atoms with Gasteiger partial charge in [0.1, 0.15) is 23.1 Å². The molecule has 0 amide bonds. The maximum Gasteiger partial charge on any atom is 0.191 e. The summed E-state index contributed by atoms with van der Waals surface area (Å²) in [6, 6.07) is 8.10. The van der Waals surface area contributed by atoms with Crippen LogP contribution >= 0.6 is 0 Å². The summed E-state index contributed by atoms with van der Waals surface area (Å²) in [5.74, 6) is 0.543. The largest absolute Gasteiger partial charge is 0.375 e. The lowest BCUT2D eigenvalue weighted by molar-refractivity contribution is 0.0529. The number of halogens is 2. The van der Waals surface area contributed by atoms with E-state index in [0.717, 1.165) is 37.5 Å². The first-order valence-electron chi connectivity index (χ1n) is 11.0. The minimum atomic E-state index is -0.532. The fourth-order valence-electron chi connectivity index (χ4n) is 4.18. The molecular weight excluding hydrogens is 414 g/mol. The van der Waals surface area contributed by atoms with Crippen LogP contribution in [-0.2, 0) is 11.3 Å². The summed E-state index contributed by atoms with van der Waals surface area (Å²) in [6.45, 7) is 6.14. The Morgan fingerprint density at radius 1 is 1.16 bits per heavy atom. The Morgan fingerprint density at radius 3 is 2.66 bits per heavy atom. The summed E-state index contributed by atoms with van der Waals surface area (Å²) in [7, 11) is 1.71. The lowest BCUT2D eigenvalue weighted by Gasteiger charge is -2.32. The number of ether oxygens (including phenoxy) is 1. The van der Waals surface area contributed by atoms with Crippen LogP contribution in [0.3, 0.4) is 0 Å². The average molecular weight is 445 g/mol. The number of benzene rings is 1. The number of para-hydroxylation sites is 1. The molecule has 0 aliphatic carbocycles. The second-order valence-corrected chi connectivity index (χ2v) is 8.22. The first-order valence-corrected chi connectivity index (χ1v) is 11.0. The van der Waals surface area contributed by atoms with Gasteiger partial charge in [0.25, 0.3) is 0 Å². The first-order chi connectivity index (χ1) is 15.5. The highest BCUT2D eigenvalue weighted by Gasteiger charge is 2.27. The molecule has 2 aliphatic heterocycles. The average Bonchev–Trinajstić information content (AvgIpc) is 3.25. The molecule has 9 heteroatoms. The van der Waals surface area contributed by atoms with E-state index in [9.17, 15) is 8.78 Å². The lowest BCUT2D eigenvalue weighted by atomic mass is 10.2. The first kappa shape index (κ1) is 22.3. The number of pyridine rings is 1. The van der Waals surface area contributed by atoms with E-state index in [0.29, 0.717) is 25.6 Å². The smallest absolute Gasteiger partial charge is 0.191 e. The van der Waals surface area contributed by atoms with Gasteiger partial charge in [0.05, 0.1) is 12.7 Å². The predicted octanol–water partition coefficient (Wildman–Crippen LogP) is 2.53. The zero-order valence-electron chi connectivity index (χ0n) is 18.5. The van der Waals surface area contributed by atoms with Crippen LogP contribution in [0.5, 0.6) is 0 Å². The molecule has 0 bridgehead atoms. The van der Waals surface area contributed by atoms with Crippen molar-refractivity contribution < 1.29 is 13.5 Å². The van der Waals surface area contributed by atoms with Gasteiger partial charge in [-0.25, -0.2) is 13.8 Å². The second-order valence-electron chi connectivity index (χ2n) is 8.22. The highest BCUT2D eigenvalue weighted by molar-refractivity contribution is 5.80. The van der Waals surface area contributed by atoms with Crippen LogP contribution in [-0.4, -0.2) is 62.9 Å². The molecule has 4 rings (SSSR count). The molecular formula is C23H30F2N6O. The van der Waals surface area contributed by atoms with Gasteiger partial charge in [-0.05, 0) is 37.1 Å². The van der Waals surface area contributed by atoms with Crippen molar-refractivity contribution in [1.29, 1.82) is 0 Å². The second kappa shape index (κ2) is 10.1. The lowest BCUT2D eigenvalue weighted by Crippen LogP contribution is -2.44. The number of nitrogens with zero attached hydrogens (tertiary/aromatic N) is 4. The molecule has 172 valence electrons. The Hall–Kier alpha value is -2.94. The Kier molecular flexibility index (Phi) is 7.04. The third-order valence-electron chi connectivity index (χ3n) is 5.84. The van der Waals surface area contributed by atoms with Crippen molar-refractivity contribution in [3.63, 3.8) is 0 Å². The standard InChI is InChI=1S/C23H30F2N6O/c1-16-14-30(10-11-32-16)21-7-6-17(12-27-21)13-28-23(26-2)29-18-8-9-31(15-18)22-19(24)4-3-5-20(22)25/h3-7,12,16,18H,8-11,13-15H2,1-2H3,(H2,26,28,29). The maximum absolute atomic E-state index is 14.1. The predicted molar refractivity (Wildman–Crippen MR) is 122 cm³/mol. The van der Waals surface area contributed by atoms with Gasteiger partial charge in [-0.15, -0.1) is 0 Å². The number of anilines is 2. The molecule has 0 saturated carbocycles. The SMILES string of the molecule is CN=C(NCc1ccc(N2CCOC(C)C2)nc1)NC1CCN(c2c(F)cccc2F)C1. The van der Waals surface area contributed by atoms with E-state index in [4.69, 9.17) is 4.74 Å². The number of nitrogens with one attached hydrogen (secondary N) is 2. The zero-order chi connectivity index (χ0) is 22.5. The molecule has 2 unspecified atom stereocenters. The van der Waals surface area contributed by atoms with Gasteiger partial charge in [-0.3, -0.25) is 4.99 Å². The van der Waals surface area contributed by atoms with Crippen molar-refractivity contribution >= 4 is 17.5 Å². The molecule has 2 N–H and O–H groups in total. The van der Waals surface area contributed by atoms with E-state index >= 15 is 0 Å². The molecule has 1 aromatic carbocycles. The number of hydrogen-bond donors (Lipinski definition) is 2. The number of morpholine rings is 1. The van der Waals surface area contributed by atoms with E-state index in [1.165, 1.54) is 18.2 Å². The highest BCUT2D eigenvalue weighted by atomic mass is 19.1. The Balaban J connectivity index is 1.28. The molecule has 2 saturated heterocycles. The van der Waals surface area contributed by atoms with Gasteiger partial charge in [0.2, 0.25) is 0 Å². The van der Waals surface area contributed by atoms with Gasteiger partial charge in [-0.2, -0.15) is 0 Å². The van der Waals surface area contributed by atoms with Crippen LogP contribution < -0.4 is 20.4 Å². The molecule has 2 atom stereocenters. The van der Waals surface area contributed by atoms with Crippen LogP contribution in [0.15, 0.2) is 41.5 Å². The molecule has 2 aliphatic rings. The minimum Gasteiger partial charge on any atom is -0.375 e. The monoisotopic (exact) mass is 444 g/mol. The van der Waals surface area contributed by atoms with E-state index in [1.807, 2.05) is 12.3 Å². The van der Waals surface area contributed by atoms with Gasteiger partial charge in [0, 0.05) is 52.0 Å². The molecule has 3 heterocycles. The number of aliphatic imine (C=N–C) groups is 1. The molecule has 0 spiro atoms. The van der Waals surface area contributed by atoms with E-state index in [-0.39, 0.29) is 17.8 Å². The van der Waals surface area contributed by atoms with Crippen LogP contribution in [0.2, 0.25) is 0 Å². The minimum absolute atomic E-state index is 0.0422. The zero-order valence-corrected chi connectivity index (χ0v) is 18.5.